The van der Waals surface area contributed by atoms with Crippen LogP contribution in [0, 0.1) is 11.8 Å². The summed E-state index contributed by atoms with van der Waals surface area (Å²) in [5, 5.41) is 3.75. The molecule has 1 N–H and O–H groups in total. The Morgan fingerprint density at radius 3 is 2.53 bits per heavy atom. The molecule has 2 fully saturated rings. The lowest BCUT2D eigenvalue weighted by molar-refractivity contribution is 0.260. The summed E-state index contributed by atoms with van der Waals surface area (Å²) in [5.41, 5.74) is 1.36. The van der Waals surface area contributed by atoms with E-state index in [0.29, 0.717) is 0 Å². The smallest absolute Gasteiger partial charge is 0.118 e. The Kier molecular flexibility index (Phi) is 4.07. The van der Waals surface area contributed by atoms with Gasteiger partial charge in [-0.3, -0.25) is 0 Å². The predicted octanol–water partition coefficient (Wildman–Crippen LogP) is 3.75. The zero-order valence-corrected chi connectivity index (χ0v) is 11.9. The highest BCUT2D eigenvalue weighted by molar-refractivity contribution is 5.27. The van der Waals surface area contributed by atoms with Crippen molar-refractivity contribution in [2.24, 2.45) is 11.8 Å². The Bertz CT molecular complexity index is 396. The van der Waals surface area contributed by atoms with Crippen LogP contribution in [0.3, 0.4) is 0 Å². The van der Waals surface area contributed by atoms with E-state index in [1.165, 1.54) is 44.1 Å². The summed E-state index contributed by atoms with van der Waals surface area (Å²) < 4.78 is 5.19. The summed E-state index contributed by atoms with van der Waals surface area (Å²) in [6.07, 6.45) is 8.65. The molecule has 0 radical (unpaired) electrons. The molecule has 2 saturated carbocycles. The Hall–Kier alpha value is -1.02. The monoisotopic (exact) mass is 259 g/mol. The number of methoxy groups -OCH3 is 1. The first-order valence-electron chi connectivity index (χ1n) is 7.71. The normalized spacial score (nSPS) is 27.2. The molecule has 104 valence electrons. The number of ether oxygens (including phenoxy) is 1. The zero-order chi connectivity index (χ0) is 13.1. The molecule has 3 rings (SSSR count). The minimum absolute atomic E-state index is 0.737. The highest BCUT2D eigenvalue weighted by atomic mass is 16.5. The number of benzene rings is 1. The van der Waals surface area contributed by atoms with Crippen molar-refractivity contribution in [3.8, 4) is 5.75 Å². The first-order valence-corrected chi connectivity index (χ1v) is 7.71. The van der Waals surface area contributed by atoms with E-state index in [2.05, 4.69) is 17.4 Å². The average molecular weight is 259 g/mol. The molecule has 0 spiro atoms. The number of hydrogen-bond acceptors (Lipinski definition) is 2. The molecule has 2 heteroatoms. The topological polar surface area (TPSA) is 21.3 Å². The summed E-state index contributed by atoms with van der Waals surface area (Å²) in [7, 11) is 1.72. The second-order valence-corrected chi connectivity index (χ2v) is 6.19. The molecule has 2 atom stereocenters. The van der Waals surface area contributed by atoms with Gasteiger partial charge in [0.15, 0.2) is 0 Å². The third-order valence-electron chi connectivity index (χ3n) is 4.76. The van der Waals surface area contributed by atoms with Gasteiger partial charge in [-0.1, -0.05) is 25.0 Å². The van der Waals surface area contributed by atoms with Crippen molar-refractivity contribution in [2.45, 2.75) is 51.1 Å². The lowest BCUT2D eigenvalue weighted by atomic mass is 9.82. The van der Waals surface area contributed by atoms with Crippen molar-refractivity contribution in [1.29, 1.82) is 0 Å². The van der Waals surface area contributed by atoms with E-state index in [1.807, 2.05) is 12.1 Å². The van der Waals surface area contributed by atoms with Crippen LogP contribution in [0.2, 0.25) is 0 Å². The van der Waals surface area contributed by atoms with Crippen LogP contribution in [0.5, 0.6) is 5.75 Å². The maximum atomic E-state index is 5.19. The molecule has 0 bridgehead atoms. The van der Waals surface area contributed by atoms with E-state index in [9.17, 15) is 0 Å². The van der Waals surface area contributed by atoms with Crippen LogP contribution >= 0.6 is 0 Å². The number of nitrogens with one attached hydrogen (secondary N) is 1. The van der Waals surface area contributed by atoms with Gasteiger partial charge in [0.05, 0.1) is 7.11 Å². The Labute approximate surface area is 116 Å². The second kappa shape index (κ2) is 5.96. The molecule has 2 aliphatic carbocycles. The van der Waals surface area contributed by atoms with E-state index in [4.69, 9.17) is 4.74 Å². The summed E-state index contributed by atoms with van der Waals surface area (Å²) in [5.74, 6) is 3.03. The molecule has 19 heavy (non-hydrogen) atoms. The van der Waals surface area contributed by atoms with Crippen molar-refractivity contribution in [2.75, 3.05) is 7.11 Å². The minimum atomic E-state index is 0.737. The predicted molar refractivity (Wildman–Crippen MR) is 78.3 cm³/mol. The van der Waals surface area contributed by atoms with Crippen LogP contribution in [-0.4, -0.2) is 13.2 Å². The Morgan fingerprint density at radius 1 is 1.05 bits per heavy atom. The minimum Gasteiger partial charge on any atom is -0.497 e. The number of rotatable bonds is 5. The van der Waals surface area contributed by atoms with Gasteiger partial charge in [-0.2, -0.15) is 0 Å². The van der Waals surface area contributed by atoms with Crippen molar-refractivity contribution < 1.29 is 4.74 Å². The van der Waals surface area contributed by atoms with Gasteiger partial charge in [-0.05, 0) is 55.2 Å². The molecule has 2 nitrogen and oxygen atoms in total. The third kappa shape index (κ3) is 3.50. The average Bonchev–Trinajstić information content (AvgIpc) is 3.31. The number of hydrogen-bond donors (Lipinski definition) is 1. The highest BCUT2D eigenvalue weighted by Gasteiger charge is 2.34. The van der Waals surface area contributed by atoms with Crippen LogP contribution in [0.15, 0.2) is 24.3 Å². The van der Waals surface area contributed by atoms with E-state index in [-0.39, 0.29) is 0 Å². The summed E-state index contributed by atoms with van der Waals surface area (Å²) in [6, 6.07) is 9.15. The molecular weight excluding hydrogens is 234 g/mol. The zero-order valence-electron chi connectivity index (χ0n) is 11.9. The molecule has 2 unspecified atom stereocenters. The van der Waals surface area contributed by atoms with Crippen molar-refractivity contribution in [3.05, 3.63) is 29.8 Å². The Morgan fingerprint density at radius 2 is 1.84 bits per heavy atom. The molecule has 0 amide bonds. The third-order valence-corrected chi connectivity index (χ3v) is 4.76. The molecule has 2 aliphatic rings. The largest absolute Gasteiger partial charge is 0.497 e. The fourth-order valence-electron chi connectivity index (χ4n) is 3.41. The molecular formula is C17H25NO. The van der Waals surface area contributed by atoms with E-state index >= 15 is 0 Å². The van der Waals surface area contributed by atoms with Crippen LogP contribution in [0.1, 0.15) is 44.1 Å². The maximum Gasteiger partial charge on any atom is 0.118 e. The summed E-state index contributed by atoms with van der Waals surface area (Å²) in [4.78, 5) is 0. The van der Waals surface area contributed by atoms with Gasteiger partial charge in [0.2, 0.25) is 0 Å². The van der Waals surface area contributed by atoms with Gasteiger partial charge in [-0.15, -0.1) is 0 Å². The highest BCUT2D eigenvalue weighted by Crippen LogP contribution is 2.43. The first-order chi connectivity index (χ1) is 9.35. The first kappa shape index (κ1) is 13.0. The fourth-order valence-corrected chi connectivity index (χ4v) is 3.41. The van der Waals surface area contributed by atoms with Crippen molar-refractivity contribution in [1.82, 2.24) is 5.32 Å². The van der Waals surface area contributed by atoms with Crippen LogP contribution in [-0.2, 0) is 6.54 Å². The van der Waals surface area contributed by atoms with E-state index in [1.54, 1.807) is 7.11 Å². The van der Waals surface area contributed by atoms with Crippen LogP contribution in [0.25, 0.3) is 0 Å². The van der Waals surface area contributed by atoms with E-state index < -0.39 is 0 Å². The van der Waals surface area contributed by atoms with Crippen LogP contribution < -0.4 is 10.1 Å². The molecule has 0 aromatic heterocycles. The van der Waals surface area contributed by atoms with Gasteiger partial charge in [0.1, 0.15) is 5.75 Å². The van der Waals surface area contributed by atoms with Gasteiger partial charge in [-0.25, -0.2) is 0 Å². The van der Waals surface area contributed by atoms with Crippen molar-refractivity contribution >= 4 is 0 Å². The lowest BCUT2D eigenvalue weighted by Crippen LogP contribution is -2.34. The molecule has 0 saturated heterocycles. The van der Waals surface area contributed by atoms with Gasteiger partial charge in [0, 0.05) is 12.6 Å². The quantitative estimate of drug-likeness (QED) is 0.869. The van der Waals surface area contributed by atoms with E-state index in [0.717, 1.165) is 30.2 Å². The fraction of sp³-hybridized carbons (Fsp3) is 0.647. The van der Waals surface area contributed by atoms with Crippen molar-refractivity contribution in [3.63, 3.8) is 0 Å². The maximum absolute atomic E-state index is 5.19. The lowest BCUT2D eigenvalue weighted by Gasteiger charge is -2.30. The molecule has 0 heterocycles. The summed E-state index contributed by atoms with van der Waals surface area (Å²) >= 11 is 0. The SMILES string of the molecule is COc1ccc(CNC2CCCC(C3CC3)C2)cc1. The summed E-state index contributed by atoms with van der Waals surface area (Å²) in [6.45, 7) is 0.992. The second-order valence-electron chi connectivity index (χ2n) is 6.19. The van der Waals surface area contributed by atoms with Gasteiger partial charge in [0.25, 0.3) is 0 Å². The molecule has 0 aliphatic heterocycles. The van der Waals surface area contributed by atoms with Crippen LogP contribution in [0.4, 0.5) is 0 Å². The molecule has 1 aromatic rings. The van der Waals surface area contributed by atoms with Gasteiger partial charge >= 0.3 is 0 Å². The Balaban J connectivity index is 1.47. The molecule has 1 aromatic carbocycles. The standard InChI is InChI=1S/C17H25NO/c1-19-17-9-5-13(6-10-17)12-18-16-4-2-3-15(11-16)14-7-8-14/h5-6,9-10,14-16,18H,2-4,7-8,11-12H2,1H3. The van der Waals surface area contributed by atoms with Gasteiger partial charge < -0.3 is 10.1 Å².